The SMILES string of the molecule is CC(C)(C)OC(=O)c1c(N)sc2c1CCC(CCc1ccon1)(CC1CC1)C2=O. The lowest BCUT2D eigenvalue weighted by molar-refractivity contribution is 0.00698. The molecule has 2 aliphatic carbocycles. The van der Waals surface area contributed by atoms with E-state index in [-0.39, 0.29) is 5.78 Å². The first-order valence-corrected chi connectivity index (χ1v) is 11.1. The minimum atomic E-state index is -0.607. The lowest BCUT2D eigenvalue weighted by Crippen LogP contribution is -2.37. The lowest BCUT2D eigenvalue weighted by Gasteiger charge is -2.36. The van der Waals surface area contributed by atoms with Gasteiger partial charge in [0.25, 0.3) is 0 Å². The highest BCUT2D eigenvalue weighted by Crippen LogP contribution is 2.51. The zero-order valence-electron chi connectivity index (χ0n) is 17.2. The van der Waals surface area contributed by atoms with E-state index in [0.717, 1.165) is 30.5 Å². The fourth-order valence-electron chi connectivity index (χ4n) is 4.32. The summed E-state index contributed by atoms with van der Waals surface area (Å²) in [7, 11) is 0. The van der Waals surface area contributed by atoms with Gasteiger partial charge >= 0.3 is 5.97 Å². The first-order chi connectivity index (χ1) is 13.7. The number of nitrogen functional groups attached to an aromatic ring is 1. The predicted molar refractivity (Wildman–Crippen MR) is 111 cm³/mol. The van der Waals surface area contributed by atoms with Crippen molar-refractivity contribution in [2.24, 2.45) is 11.3 Å². The number of aryl methyl sites for hydroxylation is 1. The second kappa shape index (κ2) is 7.27. The van der Waals surface area contributed by atoms with Gasteiger partial charge in [0.15, 0.2) is 5.78 Å². The molecule has 1 saturated carbocycles. The van der Waals surface area contributed by atoms with Crippen LogP contribution in [0.25, 0.3) is 0 Å². The van der Waals surface area contributed by atoms with Crippen LogP contribution in [-0.4, -0.2) is 22.5 Å². The summed E-state index contributed by atoms with van der Waals surface area (Å²) in [5.74, 6) is 0.332. The highest BCUT2D eigenvalue weighted by atomic mass is 32.1. The van der Waals surface area contributed by atoms with E-state index >= 15 is 0 Å². The van der Waals surface area contributed by atoms with E-state index in [1.54, 1.807) is 6.26 Å². The standard InChI is InChI=1S/C22H28N2O4S/c1-21(2,3)28-20(26)16-15-7-10-22(12-13-4-5-13,9-6-14-8-11-27-24-14)18(25)17(15)29-19(16)23/h8,11,13H,4-7,9-10,12,23H2,1-3H3. The summed E-state index contributed by atoms with van der Waals surface area (Å²) >= 11 is 1.25. The van der Waals surface area contributed by atoms with Gasteiger partial charge in [0.05, 0.1) is 16.1 Å². The van der Waals surface area contributed by atoms with Crippen LogP contribution in [0.5, 0.6) is 0 Å². The molecule has 0 radical (unpaired) electrons. The third-order valence-electron chi connectivity index (χ3n) is 5.91. The summed E-state index contributed by atoms with van der Waals surface area (Å²) in [5.41, 5.74) is 7.23. The summed E-state index contributed by atoms with van der Waals surface area (Å²) in [4.78, 5) is 27.1. The number of rotatable bonds is 6. The van der Waals surface area contributed by atoms with Crippen LogP contribution < -0.4 is 5.73 Å². The van der Waals surface area contributed by atoms with E-state index in [0.29, 0.717) is 34.2 Å². The molecular formula is C22H28N2O4S. The van der Waals surface area contributed by atoms with Crippen molar-refractivity contribution in [1.82, 2.24) is 5.16 Å². The Labute approximate surface area is 174 Å². The van der Waals surface area contributed by atoms with Gasteiger partial charge in [0.1, 0.15) is 16.9 Å². The number of carbonyl (C=O) groups excluding carboxylic acids is 2. The molecule has 2 heterocycles. The molecule has 2 aliphatic rings. The molecular weight excluding hydrogens is 388 g/mol. The molecule has 2 aromatic heterocycles. The minimum Gasteiger partial charge on any atom is -0.456 e. The van der Waals surface area contributed by atoms with Crippen molar-refractivity contribution in [2.45, 2.75) is 71.3 Å². The molecule has 1 fully saturated rings. The third kappa shape index (κ3) is 4.10. The highest BCUT2D eigenvalue weighted by Gasteiger charge is 2.47. The smallest absolute Gasteiger partial charge is 0.341 e. The van der Waals surface area contributed by atoms with Crippen LogP contribution in [0.2, 0.25) is 0 Å². The van der Waals surface area contributed by atoms with E-state index in [2.05, 4.69) is 5.16 Å². The van der Waals surface area contributed by atoms with E-state index in [1.165, 1.54) is 24.2 Å². The molecule has 6 nitrogen and oxygen atoms in total. The Morgan fingerprint density at radius 1 is 1.41 bits per heavy atom. The van der Waals surface area contributed by atoms with Gasteiger partial charge in [-0.05, 0) is 64.4 Å². The lowest BCUT2D eigenvalue weighted by atomic mass is 9.67. The number of aromatic nitrogens is 1. The molecule has 0 amide bonds. The number of hydrogen-bond acceptors (Lipinski definition) is 7. The fraction of sp³-hybridized carbons (Fsp3) is 0.591. The maximum absolute atomic E-state index is 13.7. The van der Waals surface area contributed by atoms with E-state index < -0.39 is 17.0 Å². The molecule has 2 N–H and O–H groups in total. The largest absolute Gasteiger partial charge is 0.456 e. The summed E-state index contributed by atoms with van der Waals surface area (Å²) in [6, 6.07) is 1.85. The molecule has 4 rings (SSSR count). The van der Waals surface area contributed by atoms with Gasteiger partial charge in [-0.1, -0.05) is 18.0 Å². The predicted octanol–water partition coefficient (Wildman–Crippen LogP) is 4.82. The molecule has 156 valence electrons. The Kier molecular flexibility index (Phi) is 5.05. The van der Waals surface area contributed by atoms with Crippen molar-refractivity contribution >= 4 is 28.1 Å². The number of fused-ring (bicyclic) bond motifs is 1. The molecule has 0 aliphatic heterocycles. The number of thiophene rings is 1. The third-order valence-corrected chi connectivity index (χ3v) is 6.97. The van der Waals surface area contributed by atoms with Crippen LogP contribution in [0.15, 0.2) is 16.9 Å². The summed E-state index contributed by atoms with van der Waals surface area (Å²) in [6.07, 6.45) is 7.73. The minimum absolute atomic E-state index is 0.139. The monoisotopic (exact) mass is 416 g/mol. The van der Waals surface area contributed by atoms with Crippen molar-refractivity contribution in [2.75, 3.05) is 5.73 Å². The van der Waals surface area contributed by atoms with Crippen LogP contribution in [0.3, 0.4) is 0 Å². The van der Waals surface area contributed by atoms with Crippen molar-refractivity contribution in [3.8, 4) is 0 Å². The molecule has 0 spiro atoms. The Morgan fingerprint density at radius 2 is 2.17 bits per heavy atom. The maximum Gasteiger partial charge on any atom is 0.341 e. The van der Waals surface area contributed by atoms with Crippen molar-refractivity contribution < 1.29 is 18.8 Å². The van der Waals surface area contributed by atoms with Gasteiger partial charge < -0.3 is 15.0 Å². The fourth-order valence-corrected chi connectivity index (χ4v) is 5.49. The zero-order valence-corrected chi connectivity index (χ0v) is 18.1. The topological polar surface area (TPSA) is 95.4 Å². The van der Waals surface area contributed by atoms with Crippen molar-refractivity contribution in [3.63, 3.8) is 0 Å². The first-order valence-electron chi connectivity index (χ1n) is 10.3. The second-order valence-corrected chi connectivity index (χ2v) is 10.5. The van der Waals surface area contributed by atoms with Crippen molar-refractivity contribution in [1.29, 1.82) is 0 Å². The molecule has 2 aromatic rings. The molecule has 29 heavy (non-hydrogen) atoms. The number of anilines is 1. The van der Waals surface area contributed by atoms with E-state index in [1.807, 2.05) is 26.8 Å². The number of nitrogens with two attached hydrogens (primary N) is 1. The second-order valence-electron chi connectivity index (χ2n) is 9.40. The number of hydrogen-bond donors (Lipinski definition) is 1. The average Bonchev–Trinajstić information content (AvgIpc) is 3.15. The van der Waals surface area contributed by atoms with Crippen LogP contribution in [0.4, 0.5) is 5.00 Å². The molecule has 1 atom stereocenters. The van der Waals surface area contributed by atoms with Gasteiger partial charge in [-0.15, -0.1) is 11.3 Å². The number of Topliss-reactive ketones (excluding diaryl/α,β-unsaturated/α-hetero) is 1. The summed E-state index contributed by atoms with van der Waals surface area (Å²) < 4.78 is 10.5. The van der Waals surface area contributed by atoms with Crippen LogP contribution in [0.1, 0.15) is 84.2 Å². The van der Waals surface area contributed by atoms with Crippen LogP contribution >= 0.6 is 11.3 Å². The molecule has 0 bridgehead atoms. The Hall–Kier alpha value is -2.15. The molecule has 7 heteroatoms. The molecule has 1 unspecified atom stereocenters. The quantitative estimate of drug-likeness (QED) is 0.678. The zero-order chi connectivity index (χ0) is 20.8. The number of esters is 1. The number of ketones is 1. The van der Waals surface area contributed by atoms with Gasteiger partial charge in [-0.25, -0.2) is 4.79 Å². The normalized spacial score (nSPS) is 21.8. The van der Waals surface area contributed by atoms with Gasteiger partial charge in [-0.2, -0.15) is 0 Å². The first kappa shape index (κ1) is 20.1. The van der Waals surface area contributed by atoms with Crippen molar-refractivity contribution in [3.05, 3.63) is 34.0 Å². The number of ether oxygens (including phenoxy) is 1. The molecule has 0 saturated heterocycles. The average molecular weight is 417 g/mol. The van der Waals surface area contributed by atoms with Gasteiger partial charge in [-0.3, -0.25) is 4.79 Å². The van der Waals surface area contributed by atoms with Gasteiger partial charge in [0.2, 0.25) is 0 Å². The maximum atomic E-state index is 13.7. The Morgan fingerprint density at radius 3 is 2.79 bits per heavy atom. The Balaban J connectivity index is 1.63. The molecule has 0 aromatic carbocycles. The van der Waals surface area contributed by atoms with E-state index in [4.69, 9.17) is 15.0 Å². The van der Waals surface area contributed by atoms with Crippen LogP contribution in [0, 0.1) is 11.3 Å². The Bertz CT molecular complexity index is 922. The number of nitrogens with zero attached hydrogens (tertiary/aromatic N) is 1. The number of carbonyl (C=O) groups is 2. The van der Waals surface area contributed by atoms with E-state index in [9.17, 15) is 9.59 Å². The summed E-state index contributed by atoms with van der Waals surface area (Å²) in [6.45, 7) is 5.49. The highest BCUT2D eigenvalue weighted by molar-refractivity contribution is 7.18. The van der Waals surface area contributed by atoms with Crippen LogP contribution in [-0.2, 0) is 17.6 Å². The summed E-state index contributed by atoms with van der Waals surface area (Å²) in [5, 5.41) is 4.39. The van der Waals surface area contributed by atoms with Gasteiger partial charge in [0, 0.05) is 11.5 Å².